The topological polar surface area (TPSA) is 0 Å². The summed E-state index contributed by atoms with van der Waals surface area (Å²) in [5.74, 6) is 5.50. The van der Waals surface area contributed by atoms with Crippen LogP contribution in [0.1, 0.15) is 58.3 Å². The van der Waals surface area contributed by atoms with E-state index in [0.29, 0.717) is 0 Å². The van der Waals surface area contributed by atoms with Gasteiger partial charge in [-0.2, -0.15) is 0 Å². The molecule has 3 aliphatic carbocycles. The van der Waals surface area contributed by atoms with Gasteiger partial charge in [-0.15, -0.1) is 0 Å². The fourth-order valence-corrected chi connectivity index (χ4v) is 17.9. The first-order valence-electron chi connectivity index (χ1n) is 8.62. The van der Waals surface area contributed by atoms with Crippen LogP contribution in [0.2, 0.25) is 4.71 Å². The molecule has 3 saturated carbocycles. The summed E-state index contributed by atoms with van der Waals surface area (Å²) in [5.41, 5.74) is 0. The molecule has 116 valence electrons. The van der Waals surface area contributed by atoms with Crippen LogP contribution in [0.4, 0.5) is 0 Å². The molecule has 0 heterocycles. The van der Waals surface area contributed by atoms with Crippen molar-refractivity contribution in [2.45, 2.75) is 63.0 Å². The fraction of sp³-hybridized carbons (Fsp3) is 1.00. The second kappa shape index (κ2) is 7.22. The number of hydrogen-bond donors (Lipinski definition) is 0. The molecule has 0 N–H and O–H groups in total. The maximum absolute atomic E-state index is 2.56. The Morgan fingerprint density at radius 2 is 1.45 bits per heavy atom. The summed E-state index contributed by atoms with van der Waals surface area (Å²) in [4.78, 5) is 0. The van der Waals surface area contributed by atoms with Crippen LogP contribution in [-0.4, -0.2) is 24.8 Å². The third kappa shape index (κ3) is 3.13. The van der Waals surface area contributed by atoms with Crippen molar-refractivity contribution in [1.82, 2.24) is 0 Å². The Morgan fingerprint density at radius 1 is 0.800 bits per heavy atom. The van der Waals surface area contributed by atoms with E-state index in [1.54, 1.807) is 38.5 Å². The van der Waals surface area contributed by atoms with Gasteiger partial charge in [0.25, 0.3) is 0 Å². The van der Waals surface area contributed by atoms with E-state index in [-0.39, 0.29) is 0 Å². The molecule has 0 aromatic heterocycles. The van der Waals surface area contributed by atoms with Gasteiger partial charge in [0.2, 0.25) is 0 Å². The summed E-state index contributed by atoms with van der Waals surface area (Å²) in [6, 6.07) is 0. The minimum absolute atomic E-state index is 0.677. The van der Waals surface area contributed by atoms with Crippen LogP contribution < -0.4 is 0 Å². The van der Waals surface area contributed by atoms with E-state index in [0.717, 1.165) is 34.3 Å². The first-order valence-corrected chi connectivity index (χ1v) is 16.7. The molecule has 3 rings (SSSR count). The van der Waals surface area contributed by atoms with E-state index in [1.165, 1.54) is 12.8 Å². The van der Waals surface area contributed by atoms with Gasteiger partial charge in [0.05, 0.1) is 0 Å². The van der Waals surface area contributed by atoms with Crippen molar-refractivity contribution in [1.29, 1.82) is 0 Å². The predicted octanol–water partition coefficient (Wildman–Crippen LogP) is 5.83. The zero-order chi connectivity index (χ0) is 14.1. The van der Waals surface area contributed by atoms with Gasteiger partial charge >= 0.3 is 137 Å². The molecule has 0 saturated heterocycles. The average Bonchev–Trinajstić information content (AvgIpc) is 2.47. The van der Waals surface area contributed by atoms with Crippen LogP contribution in [0, 0.1) is 29.6 Å². The Hall–Kier alpha value is 1.26. The van der Waals surface area contributed by atoms with Gasteiger partial charge in [0.15, 0.2) is 0 Å². The molecule has 0 aromatic rings. The van der Waals surface area contributed by atoms with Gasteiger partial charge in [-0.1, -0.05) is 0 Å². The first-order chi connectivity index (χ1) is 9.74. The molecule has 0 amide bonds. The fourth-order valence-electron chi connectivity index (χ4n) is 5.60. The zero-order valence-corrected chi connectivity index (χ0v) is 16.9. The van der Waals surface area contributed by atoms with E-state index in [9.17, 15) is 0 Å². The van der Waals surface area contributed by atoms with Gasteiger partial charge in [0, 0.05) is 0 Å². The van der Waals surface area contributed by atoms with Crippen molar-refractivity contribution < 1.29 is 0 Å². The van der Waals surface area contributed by atoms with Gasteiger partial charge in [-0.3, -0.25) is 0 Å². The molecular weight excluding hydrogens is 343 g/mol. The summed E-state index contributed by atoms with van der Waals surface area (Å²) < 4.78 is 1.15. The monoisotopic (exact) mass is 374 g/mol. The molecule has 0 spiro atoms. The van der Waals surface area contributed by atoms with Crippen molar-refractivity contribution in [2.75, 3.05) is 12.5 Å². The van der Waals surface area contributed by atoms with Crippen molar-refractivity contribution in [3.8, 4) is 0 Å². The maximum atomic E-state index is 2.56. The van der Waals surface area contributed by atoms with E-state index < -0.39 is 12.3 Å². The number of fused-ring (bicyclic) bond motifs is 2. The van der Waals surface area contributed by atoms with Gasteiger partial charge in [-0.05, 0) is 0 Å². The van der Waals surface area contributed by atoms with Gasteiger partial charge < -0.3 is 0 Å². The second-order valence-corrected chi connectivity index (χ2v) is 20.6. The molecule has 3 fully saturated rings. The van der Waals surface area contributed by atoms with Crippen molar-refractivity contribution in [2.24, 2.45) is 29.6 Å². The standard InChI is InChI=1S/C17H31AsS2/c1-12-6-4-7-13-10-14-8-5-9-17(18(19-2)20-3)16(14)11-15(12)13/h12-17H,4-11H2,1-3H3/t12?,13-,14+,15?,16?,17?/m0/s1. The molecule has 0 radical (unpaired) electrons. The Labute approximate surface area is 137 Å². The number of hydrogen-bond acceptors (Lipinski definition) is 2. The Balaban J connectivity index is 1.75. The van der Waals surface area contributed by atoms with Gasteiger partial charge in [-0.25, -0.2) is 0 Å². The molecule has 20 heavy (non-hydrogen) atoms. The van der Waals surface area contributed by atoms with E-state index in [1.807, 2.05) is 0 Å². The molecule has 3 heteroatoms. The van der Waals surface area contributed by atoms with Crippen molar-refractivity contribution in [3.05, 3.63) is 0 Å². The zero-order valence-electron chi connectivity index (χ0n) is 13.4. The number of rotatable bonds is 3. The quantitative estimate of drug-likeness (QED) is 0.570. The third-order valence-electron chi connectivity index (χ3n) is 6.53. The Kier molecular flexibility index (Phi) is 5.82. The van der Waals surface area contributed by atoms with Crippen molar-refractivity contribution in [3.63, 3.8) is 0 Å². The van der Waals surface area contributed by atoms with Gasteiger partial charge in [0.1, 0.15) is 0 Å². The van der Waals surface area contributed by atoms with Crippen LogP contribution in [0.5, 0.6) is 0 Å². The minimum atomic E-state index is -0.677. The van der Waals surface area contributed by atoms with E-state index in [4.69, 9.17) is 0 Å². The van der Waals surface area contributed by atoms with Crippen LogP contribution in [0.25, 0.3) is 0 Å². The molecule has 0 aromatic carbocycles. The van der Waals surface area contributed by atoms with Crippen LogP contribution in [-0.2, 0) is 0 Å². The summed E-state index contributed by atoms with van der Waals surface area (Å²) in [5, 5.41) is 0. The average molecular weight is 374 g/mol. The summed E-state index contributed by atoms with van der Waals surface area (Å²) in [6.07, 6.45) is 17.3. The molecule has 0 bridgehead atoms. The molecule has 4 unspecified atom stereocenters. The molecule has 0 aliphatic heterocycles. The second-order valence-electron chi connectivity index (χ2n) is 7.38. The Bertz CT molecular complexity index is 318. The first kappa shape index (κ1) is 16.1. The summed E-state index contributed by atoms with van der Waals surface area (Å²) in [7, 11) is 4.54. The summed E-state index contributed by atoms with van der Waals surface area (Å²) in [6.45, 7) is 2.56. The SMILES string of the molecule is CS[As](SC)C1CCC[C@@H]2C[C@@H]3CCCC(C)C3CC12. The normalized spacial score (nSPS) is 45.0. The van der Waals surface area contributed by atoms with Crippen molar-refractivity contribution >= 4 is 32.4 Å². The molecular formula is C17H31AsS2. The molecule has 6 atom stereocenters. The predicted molar refractivity (Wildman–Crippen MR) is 96.6 cm³/mol. The van der Waals surface area contributed by atoms with Crippen LogP contribution in [0.3, 0.4) is 0 Å². The van der Waals surface area contributed by atoms with E-state index in [2.05, 4.69) is 39.5 Å². The molecule has 0 nitrogen and oxygen atoms in total. The molecule has 3 aliphatic rings. The van der Waals surface area contributed by atoms with E-state index >= 15 is 0 Å². The summed E-state index contributed by atoms with van der Waals surface area (Å²) >= 11 is -0.677. The van der Waals surface area contributed by atoms with Crippen LogP contribution in [0.15, 0.2) is 0 Å². The third-order valence-corrected chi connectivity index (χ3v) is 21.7. The van der Waals surface area contributed by atoms with Crippen LogP contribution >= 0.6 is 20.0 Å². The Morgan fingerprint density at radius 3 is 2.15 bits per heavy atom.